The smallest absolute Gasteiger partial charge is 0.349 e. The Morgan fingerprint density at radius 3 is 2.56 bits per heavy atom. The van der Waals surface area contributed by atoms with Crippen LogP contribution in [0.1, 0.15) is 68.2 Å². The third-order valence-electron chi connectivity index (χ3n) is 5.74. The molecule has 3 rings (SSSR count). The van der Waals surface area contributed by atoms with E-state index in [0.717, 1.165) is 18.4 Å². The molecule has 1 aromatic carbocycles. The average Bonchev–Trinajstić information content (AvgIpc) is 2.60. The molecule has 3 atom stereocenters. The third kappa shape index (κ3) is 4.36. The molecule has 1 N–H and O–H groups in total. The maximum atomic E-state index is 12.9. The Labute approximate surface area is 147 Å². The van der Waals surface area contributed by atoms with Crippen LogP contribution in [0.3, 0.4) is 0 Å². The first-order valence-electron chi connectivity index (χ1n) is 9.33. The van der Waals surface area contributed by atoms with Gasteiger partial charge in [-0.3, -0.25) is 4.79 Å². The average molecular weight is 353 g/mol. The van der Waals surface area contributed by atoms with Crippen LogP contribution in [-0.2, 0) is 17.6 Å². The van der Waals surface area contributed by atoms with Gasteiger partial charge in [-0.15, -0.1) is 0 Å². The normalized spacial score (nSPS) is 25.1. The molecule has 2 aliphatic carbocycles. The van der Waals surface area contributed by atoms with Crippen molar-refractivity contribution >= 4 is 5.91 Å². The van der Waals surface area contributed by atoms with E-state index >= 15 is 0 Å². The van der Waals surface area contributed by atoms with Crippen molar-refractivity contribution in [3.63, 3.8) is 0 Å². The molecule has 0 aliphatic heterocycles. The Kier molecular flexibility index (Phi) is 5.40. The van der Waals surface area contributed by atoms with Gasteiger partial charge in [-0.1, -0.05) is 24.6 Å². The summed E-state index contributed by atoms with van der Waals surface area (Å²) in [6, 6.07) is 6.14. The summed E-state index contributed by atoms with van der Waals surface area (Å²) in [5.41, 5.74) is 3.77. The zero-order valence-corrected chi connectivity index (χ0v) is 14.7. The molecule has 138 valence electrons. The van der Waals surface area contributed by atoms with E-state index in [2.05, 4.69) is 17.4 Å². The summed E-state index contributed by atoms with van der Waals surface area (Å²) in [5, 5.41) is 2.94. The maximum Gasteiger partial charge on any atom is 0.391 e. The predicted molar refractivity (Wildman–Crippen MR) is 91.1 cm³/mol. The number of nitrogens with one attached hydrogen (secondary N) is 1. The molecule has 5 heteroatoms. The summed E-state index contributed by atoms with van der Waals surface area (Å²) in [7, 11) is 0. The van der Waals surface area contributed by atoms with E-state index in [1.165, 1.54) is 24.0 Å². The van der Waals surface area contributed by atoms with Gasteiger partial charge >= 0.3 is 6.18 Å². The van der Waals surface area contributed by atoms with Gasteiger partial charge in [0.1, 0.15) is 0 Å². The molecule has 0 heterocycles. The molecule has 3 unspecified atom stereocenters. The van der Waals surface area contributed by atoms with Gasteiger partial charge in [0.05, 0.1) is 12.0 Å². The van der Waals surface area contributed by atoms with Crippen LogP contribution in [0.4, 0.5) is 13.2 Å². The number of aryl methyl sites for hydroxylation is 2. The highest BCUT2D eigenvalue weighted by molar-refractivity contribution is 5.79. The topological polar surface area (TPSA) is 29.1 Å². The minimum absolute atomic E-state index is 0.0771. The van der Waals surface area contributed by atoms with Crippen molar-refractivity contribution in [3.8, 4) is 0 Å². The van der Waals surface area contributed by atoms with Crippen molar-refractivity contribution < 1.29 is 18.0 Å². The van der Waals surface area contributed by atoms with Crippen molar-refractivity contribution in [3.05, 3.63) is 34.9 Å². The summed E-state index contributed by atoms with van der Waals surface area (Å²) in [6.45, 7) is 1.91. The lowest BCUT2D eigenvalue weighted by molar-refractivity contribution is -0.186. The number of alkyl halides is 3. The van der Waals surface area contributed by atoms with Crippen LogP contribution in [0.25, 0.3) is 0 Å². The first kappa shape index (κ1) is 18.3. The SMILES string of the molecule is CC(NC(=O)C1CCCC(C(F)(F)F)C1)c1ccc2c(c1)CCCC2. The van der Waals surface area contributed by atoms with Crippen LogP contribution in [0, 0.1) is 11.8 Å². The molecule has 0 saturated heterocycles. The quantitative estimate of drug-likeness (QED) is 0.804. The molecule has 2 nitrogen and oxygen atoms in total. The van der Waals surface area contributed by atoms with Gasteiger partial charge in [-0.2, -0.15) is 13.2 Å². The molecule has 1 aromatic rings. The lowest BCUT2D eigenvalue weighted by Crippen LogP contribution is -2.38. The maximum absolute atomic E-state index is 12.9. The highest BCUT2D eigenvalue weighted by Crippen LogP contribution is 2.40. The molecular formula is C20H26F3NO. The Morgan fingerprint density at radius 1 is 1.12 bits per heavy atom. The second-order valence-electron chi connectivity index (χ2n) is 7.57. The monoisotopic (exact) mass is 353 g/mol. The number of fused-ring (bicyclic) bond motifs is 1. The highest BCUT2D eigenvalue weighted by atomic mass is 19.4. The minimum atomic E-state index is -4.19. The van der Waals surface area contributed by atoms with E-state index in [9.17, 15) is 18.0 Å². The summed E-state index contributed by atoms with van der Waals surface area (Å²) in [4.78, 5) is 12.5. The molecule has 1 fully saturated rings. The van der Waals surface area contributed by atoms with Crippen molar-refractivity contribution in [2.24, 2.45) is 11.8 Å². The fourth-order valence-electron chi connectivity index (χ4n) is 4.16. The van der Waals surface area contributed by atoms with Crippen LogP contribution in [0.15, 0.2) is 18.2 Å². The minimum Gasteiger partial charge on any atom is -0.349 e. The van der Waals surface area contributed by atoms with Crippen LogP contribution in [-0.4, -0.2) is 12.1 Å². The first-order valence-corrected chi connectivity index (χ1v) is 9.33. The van der Waals surface area contributed by atoms with E-state index < -0.39 is 18.0 Å². The van der Waals surface area contributed by atoms with Crippen molar-refractivity contribution in [1.29, 1.82) is 0 Å². The molecule has 1 saturated carbocycles. The van der Waals surface area contributed by atoms with Crippen molar-refractivity contribution in [2.75, 3.05) is 0 Å². The van der Waals surface area contributed by atoms with E-state index in [1.54, 1.807) is 0 Å². The number of halogens is 3. The summed E-state index contributed by atoms with van der Waals surface area (Å²) in [6.07, 6.45) is 1.49. The molecule has 25 heavy (non-hydrogen) atoms. The zero-order chi connectivity index (χ0) is 18.0. The Bertz CT molecular complexity index is 626. The van der Waals surface area contributed by atoms with Crippen LogP contribution in [0.5, 0.6) is 0 Å². The number of benzene rings is 1. The number of amides is 1. The van der Waals surface area contributed by atoms with E-state index in [0.29, 0.717) is 12.8 Å². The summed E-state index contributed by atoms with van der Waals surface area (Å²) < 4.78 is 38.8. The van der Waals surface area contributed by atoms with Crippen LogP contribution in [0.2, 0.25) is 0 Å². The Morgan fingerprint density at radius 2 is 1.84 bits per heavy atom. The first-order chi connectivity index (χ1) is 11.8. The van der Waals surface area contributed by atoms with Crippen molar-refractivity contribution in [1.82, 2.24) is 5.32 Å². The van der Waals surface area contributed by atoms with Gasteiger partial charge in [0.15, 0.2) is 0 Å². The summed E-state index contributed by atoms with van der Waals surface area (Å²) in [5.74, 6) is -2.10. The predicted octanol–water partition coefficient (Wildman–Crippen LogP) is 5.11. The Hall–Kier alpha value is -1.52. The lowest BCUT2D eigenvalue weighted by atomic mass is 9.80. The zero-order valence-electron chi connectivity index (χ0n) is 14.7. The largest absolute Gasteiger partial charge is 0.391 e. The lowest BCUT2D eigenvalue weighted by Gasteiger charge is -2.30. The fourth-order valence-corrected chi connectivity index (χ4v) is 4.16. The third-order valence-corrected chi connectivity index (χ3v) is 5.74. The van der Waals surface area contributed by atoms with Gasteiger partial charge in [0.2, 0.25) is 5.91 Å². The molecule has 0 radical (unpaired) electrons. The number of rotatable bonds is 3. The number of carbonyl (C=O) groups is 1. The highest BCUT2D eigenvalue weighted by Gasteiger charge is 2.43. The second kappa shape index (κ2) is 7.38. The standard InChI is InChI=1S/C20H26F3NO/c1-13(15-10-9-14-5-2-3-6-16(14)11-15)24-19(25)17-7-4-8-18(12-17)20(21,22)23/h9-11,13,17-18H,2-8,12H2,1H3,(H,24,25). The van der Waals surface area contributed by atoms with E-state index in [-0.39, 0.29) is 24.8 Å². The van der Waals surface area contributed by atoms with Gasteiger partial charge in [0, 0.05) is 5.92 Å². The molecule has 2 aliphatic rings. The second-order valence-corrected chi connectivity index (χ2v) is 7.57. The number of carbonyl (C=O) groups excluding carboxylic acids is 1. The molecule has 1 amide bonds. The fraction of sp³-hybridized carbons (Fsp3) is 0.650. The van der Waals surface area contributed by atoms with Gasteiger partial charge in [-0.05, 0) is 68.6 Å². The number of hydrogen-bond donors (Lipinski definition) is 1. The van der Waals surface area contributed by atoms with E-state index in [4.69, 9.17) is 0 Å². The van der Waals surface area contributed by atoms with Gasteiger partial charge < -0.3 is 5.32 Å². The van der Waals surface area contributed by atoms with Crippen molar-refractivity contribution in [2.45, 2.75) is 70.5 Å². The van der Waals surface area contributed by atoms with Gasteiger partial charge in [0.25, 0.3) is 0 Å². The molecule has 0 spiro atoms. The van der Waals surface area contributed by atoms with Crippen LogP contribution >= 0.6 is 0 Å². The van der Waals surface area contributed by atoms with Crippen LogP contribution < -0.4 is 5.32 Å². The molecular weight excluding hydrogens is 327 g/mol. The summed E-state index contributed by atoms with van der Waals surface area (Å²) >= 11 is 0. The van der Waals surface area contributed by atoms with E-state index in [1.807, 2.05) is 13.0 Å². The molecule has 0 aromatic heterocycles. The Balaban J connectivity index is 1.62. The number of hydrogen-bond acceptors (Lipinski definition) is 1. The van der Waals surface area contributed by atoms with Gasteiger partial charge in [-0.25, -0.2) is 0 Å². The molecule has 0 bridgehead atoms.